The summed E-state index contributed by atoms with van der Waals surface area (Å²) in [5.41, 5.74) is 3.07. The van der Waals surface area contributed by atoms with Gasteiger partial charge in [0.25, 0.3) is 11.6 Å². The van der Waals surface area contributed by atoms with Gasteiger partial charge in [-0.05, 0) is 45.0 Å². The number of aryl methyl sites for hydroxylation is 1. The molecule has 0 bridgehead atoms. The molecule has 0 aliphatic rings. The summed E-state index contributed by atoms with van der Waals surface area (Å²) in [5, 5.41) is 12.6. The van der Waals surface area contributed by atoms with Gasteiger partial charge < -0.3 is 14.3 Å². The maximum absolute atomic E-state index is 13.2. The van der Waals surface area contributed by atoms with Gasteiger partial charge in [0.15, 0.2) is 11.4 Å². The first-order valence-electron chi connectivity index (χ1n) is 9.47. The van der Waals surface area contributed by atoms with Crippen molar-refractivity contribution in [2.75, 3.05) is 5.32 Å². The van der Waals surface area contributed by atoms with Crippen LogP contribution >= 0.6 is 0 Å². The number of fused-ring (bicyclic) bond motifs is 2. The van der Waals surface area contributed by atoms with Crippen molar-refractivity contribution in [3.05, 3.63) is 54.2 Å². The second kappa shape index (κ2) is 6.80. The lowest BCUT2D eigenvalue weighted by molar-refractivity contribution is 0.102. The molecule has 1 N–H and O–H groups in total. The number of pyridine rings is 2. The Kier molecular flexibility index (Phi) is 4.09. The first-order valence-corrected chi connectivity index (χ1v) is 9.47. The van der Waals surface area contributed by atoms with Crippen LogP contribution < -0.4 is 5.32 Å². The Hall–Kier alpha value is -4.01. The quantitative estimate of drug-likeness (QED) is 0.475. The van der Waals surface area contributed by atoms with Gasteiger partial charge in [0.1, 0.15) is 5.69 Å². The predicted octanol–water partition coefficient (Wildman–Crippen LogP) is 4.37. The van der Waals surface area contributed by atoms with Gasteiger partial charge in [-0.3, -0.25) is 4.79 Å². The largest absolute Gasteiger partial charge is 0.463 e. The molecule has 0 radical (unpaired) electrons. The van der Waals surface area contributed by atoms with E-state index in [1.165, 1.54) is 0 Å². The first kappa shape index (κ1) is 18.0. The van der Waals surface area contributed by atoms with Crippen molar-refractivity contribution in [1.29, 1.82) is 0 Å². The molecule has 0 saturated heterocycles. The van der Waals surface area contributed by atoms with Crippen molar-refractivity contribution in [2.24, 2.45) is 0 Å². The lowest BCUT2D eigenvalue weighted by Gasteiger charge is -2.09. The minimum absolute atomic E-state index is 0.192. The fraction of sp³-hybridized carbons (Fsp3) is 0.190. The Morgan fingerprint density at radius 2 is 2.10 bits per heavy atom. The van der Waals surface area contributed by atoms with E-state index >= 15 is 0 Å². The van der Waals surface area contributed by atoms with E-state index in [4.69, 9.17) is 8.94 Å². The molecule has 0 atom stereocenters. The van der Waals surface area contributed by atoms with Gasteiger partial charge in [0, 0.05) is 11.4 Å². The van der Waals surface area contributed by atoms with E-state index in [1.54, 1.807) is 43.8 Å². The summed E-state index contributed by atoms with van der Waals surface area (Å²) in [6.45, 7) is 5.84. The van der Waals surface area contributed by atoms with Gasteiger partial charge in [0.2, 0.25) is 0 Å². The molecule has 9 heteroatoms. The van der Waals surface area contributed by atoms with E-state index in [2.05, 4.69) is 25.5 Å². The zero-order chi connectivity index (χ0) is 20.8. The molecule has 30 heavy (non-hydrogen) atoms. The van der Waals surface area contributed by atoms with Crippen LogP contribution in [0.2, 0.25) is 0 Å². The number of rotatable bonds is 4. The average molecular weight is 402 g/mol. The number of amides is 1. The number of furan rings is 1. The van der Waals surface area contributed by atoms with Crippen LogP contribution in [-0.2, 0) is 0 Å². The summed E-state index contributed by atoms with van der Waals surface area (Å²) < 4.78 is 12.6. The van der Waals surface area contributed by atoms with Crippen LogP contribution in [0.5, 0.6) is 0 Å². The Morgan fingerprint density at radius 3 is 2.87 bits per heavy atom. The van der Waals surface area contributed by atoms with E-state index in [-0.39, 0.29) is 17.7 Å². The molecule has 5 aromatic rings. The summed E-state index contributed by atoms with van der Waals surface area (Å²) >= 11 is 0. The maximum atomic E-state index is 13.2. The summed E-state index contributed by atoms with van der Waals surface area (Å²) in [6, 6.07) is 7.23. The highest BCUT2D eigenvalue weighted by Gasteiger charge is 2.20. The number of hydrogen-bond donors (Lipinski definition) is 1. The fourth-order valence-corrected chi connectivity index (χ4v) is 3.41. The Balaban J connectivity index is 1.54. The zero-order valence-electron chi connectivity index (χ0n) is 16.6. The number of hydrogen-bond acceptors (Lipinski definition) is 7. The summed E-state index contributed by atoms with van der Waals surface area (Å²) in [6.07, 6.45) is 4.90. The highest BCUT2D eigenvalue weighted by atomic mass is 16.5. The highest BCUT2D eigenvalue weighted by Crippen LogP contribution is 2.28. The number of nitrogens with one attached hydrogen (secondary N) is 1. The lowest BCUT2D eigenvalue weighted by Crippen LogP contribution is -2.13. The van der Waals surface area contributed by atoms with Crippen molar-refractivity contribution >= 4 is 33.7 Å². The summed E-state index contributed by atoms with van der Waals surface area (Å²) in [5.74, 6) is 0.211. The SMILES string of the molecule is Cc1noc2nc(-c3ccco3)cc(C(=O)Nc3cnc4c(cnn4C(C)C)c3)c12. The number of aromatic nitrogens is 5. The molecule has 0 spiro atoms. The third-order valence-corrected chi connectivity index (χ3v) is 4.82. The zero-order valence-corrected chi connectivity index (χ0v) is 16.6. The smallest absolute Gasteiger partial charge is 0.259 e. The van der Waals surface area contributed by atoms with Crippen LogP contribution in [0.15, 0.2) is 51.9 Å². The van der Waals surface area contributed by atoms with E-state index in [9.17, 15) is 4.79 Å². The van der Waals surface area contributed by atoms with Gasteiger partial charge >= 0.3 is 0 Å². The second-order valence-corrected chi connectivity index (χ2v) is 7.25. The molecular formula is C21H18N6O3. The van der Waals surface area contributed by atoms with Crippen molar-refractivity contribution in [3.8, 4) is 11.5 Å². The molecule has 0 fully saturated rings. The van der Waals surface area contributed by atoms with Crippen molar-refractivity contribution < 1.29 is 13.7 Å². The van der Waals surface area contributed by atoms with Gasteiger partial charge in [-0.25, -0.2) is 14.6 Å². The van der Waals surface area contributed by atoms with E-state index in [0.717, 1.165) is 11.0 Å². The van der Waals surface area contributed by atoms with Crippen molar-refractivity contribution in [3.63, 3.8) is 0 Å². The van der Waals surface area contributed by atoms with E-state index < -0.39 is 0 Å². The normalized spacial score (nSPS) is 11.6. The number of nitrogens with zero attached hydrogens (tertiary/aromatic N) is 5. The van der Waals surface area contributed by atoms with Crippen LogP contribution in [0.4, 0.5) is 5.69 Å². The fourth-order valence-electron chi connectivity index (χ4n) is 3.41. The molecule has 5 aromatic heterocycles. The first-order chi connectivity index (χ1) is 14.5. The minimum Gasteiger partial charge on any atom is -0.463 e. The number of anilines is 1. The average Bonchev–Trinajstić information content (AvgIpc) is 3.47. The molecule has 5 heterocycles. The van der Waals surface area contributed by atoms with Crippen LogP contribution in [0.1, 0.15) is 35.9 Å². The molecule has 0 aromatic carbocycles. The number of carbonyl (C=O) groups excluding carboxylic acids is 1. The van der Waals surface area contributed by atoms with Crippen LogP contribution in [0.3, 0.4) is 0 Å². The van der Waals surface area contributed by atoms with Crippen LogP contribution in [-0.4, -0.2) is 30.8 Å². The monoisotopic (exact) mass is 402 g/mol. The second-order valence-electron chi connectivity index (χ2n) is 7.25. The van der Waals surface area contributed by atoms with Gasteiger partial charge in [0.05, 0.1) is 41.0 Å². The highest BCUT2D eigenvalue weighted by molar-refractivity contribution is 6.13. The molecule has 0 unspecified atom stereocenters. The molecule has 5 rings (SSSR count). The molecule has 0 aliphatic heterocycles. The minimum atomic E-state index is -0.320. The van der Waals surface area contributed by atoms with E-state index in [1.807, 2.05) is 24.6 Å². The topological polar surface area (TPSA) is 112 Å². The summed E-state index contributed by atoms with van der Waals surface area (Å²) in [7, 11) is 0. The predicted molar refractivity (Wildman–Crippen MR) is 110 cm³/mol. The molecule has 9 nitrogen and oxygen atoms in total. The Bertz CT molecular complexity index is 1380. The maximum Gasteiger partial charge on any atom is 0.259 e. The van der Waals surface area contributed by atoms with Crippen LogP contribution in [0, 0.1) is 6.92 Å². The van der Waals surface area contributed by atoms with Gasteiger partial charge in [-0.15, -0.1) is 0 Å². The molecular weight excluding hydrogens is 384 g/mol. The molecule has 0 saturated carbocycles. The molecule has 1 amide bonds. The third kappa shape index (κ3) is 2.91. The number of carbonyl (C=O) groups is 1. The van der Waals surface area contributed by atoms with Crippen LogP contribution in [0.25, 0.3) is 33.6 Å². The lowest BCUT2D eigenvalue weighted by atomic mass is 10.1. The third-order valence-electron chi connectivity index (χ3n) is 4.82. The summed E-state index contributed by atoms with van der Waals surface area (Å²) in [4.78, 5) is 22.0. The van der Waals surface area contributed by atoms with Gasteiger partial charge in [-0.2, -0.15) is 5.10 Å². The van der Waals surface area contributed by atoms with Crippen molar-refractivity contribution in [2.45, 2.75) is 26.8 Å². The Labute approximate surface area is 170 Å². The standard InChI is InChI=1S/C21H18N6O3/c1-11(2)27-19-13(9-23-27)7-14(10-22-19)24-20(28)15-8-16(17-5-4-6-29-17)25-21-18(15)12(3)26-30-21/h4-11H,1-3H3,(H,24,28). The molecule has 0 aliphatic carbocycles. The van der Waals surface area contributed by atoms with Gasteiger partial charge in [-0.1, -0.05) is 5.16 Å². The molecule has 150 valence electrons. The Morgan fingerprint density at radius 1 is 1.23 bits per heavy atom. The van der Waals surface area contributed by atoms with E-state index in [0.29, 0.717) is 33.8 Å². The van der Waals surface area contributed by atoms with Crippen molar-refractivity contribution in [1.82, 2.24) is 24.9 Å².